The molecule has 0 aliphatic carbocycles. The first-order valence-electron chi connectivity index (χ1n) is 8.64. The van der Waals surface area contributed by atoms with Crippen LogP contribution in [0.3, 0.4) is 0 Å². The van der Waals surface area contributed by atoms with Crippen molar-refractivity contribution in [2.24, 2.45) is 0 Å². The van der Waals surface area contributed by atoms with Crippen molar-refractivity contribution < 1.29 is 19.1 Å². The maximum atomic E-state index is 12.7. The van der Waals surface area contributed by atoms with Gasteiger partial charge in [-0.15, -0.1) is 0 Å². The normalized spacial score (nSPS) is 10.3. The summed E-state index contributed by atoms with van der Waals surface area (Å²) >= 11 is 0. The summed E-state index contributed by atoms with van der Waals surface area (Å²) < 4.78 is 10.6. The lowest BCUT2D eigenvalue weighted by Gasteiger charge is -2.24. The maximum absolute atomic E-state index is 12.7. The molecule has 1 N–H and O–H groups in total. The lowest BCUT2D eigenvalue weighted by atomic mass is 10.1. The molecule has 0 heterocycles. The van der Waals surface area contributed by atoms with E-state index in [-0.39, 0.29) is 18.4 Å². The van der Waals surface area contributed by atoms with E-state index in [9.17, 15) is 9.59 Å². The zero-order valence-electron chi connectivity index (χ0n) is 16.7. The number of nitrogens with zero attached hydrogens (tertiary/aromatic N) is 1. The van der Waals surface area contributed by atoms with Crippen molar-refractivity contribution in [1.29, 1.82) is 0 Å². The van der Waals surface area contributed by atoms with E-state index >= 15 is 0 Å². The van der Waals surface area contributed by atoms with Gasteiger partial charge in [-0.05, 0) is 44.0 Å². The summed E-state index contributed by atoms with van der Waals surface area (Å²) in [4.78, 5) is 26.3. The number of carbonyl (C=O) groups is 2. The molecule has 2 aromatic rings. The quantitative estimate of drug-likeness (QED) is 0.843. The third-order valence-corrected chi connectivity index (χ3v) is 4.30. The van der Waals surface area contributed by atoms with Gasteiger partial charge in [-0.25, -0.2) is 0 Å². The second-order valence-corrected chi connectivity index (χ2v) is 6.46. The van der Waals surface area contributed by atoms with Crippen LogP contribution in [0.2, 0.25) is 0 Å². The van der Waals surface area contributed by atoms with Crippen molar-refractivity contribution in [2.75, 3.05) is 31.0 Å². The molecule has 0 aliphatic rings. The summed E-state index contributed by atoms with van der Waals surface area (Å²) in [5.74, 6) is 0.503. The van der Waals surface area contributed by atoms with E-state index in [4.69, 9.17) is 9.47 Å². The van der Waals surface area contributed by atoms with Crippen LogP contribution < -0.4 is 19.7 Å². The van der Waals surface area contributed by atoms with Gasteiger partial charge < -0.3 is 14.8 Å². The number of nitrogens with one attached hydrogen (secondary N) is 1. The minimum atomic E-state index is -0.287. The van der Waals surface area contributed by atoms with Crippen LogP contribution in [-0.2, 0) is 9.59 Å². The van der Waals surface area contributed by atoms with E-state index in [0.29, 0.717) is 17.2 Å². The molecule has 144 valence electrons. The second kappa shape index (κ2) is 8.58. The Labute approximate surface area is 160 Å². The van der Waals surface area contributed by atoms with Crippen LogP contribution in [-0.4, -0.2) is 32.6 Å². The monoisotopic (exact) mass is 370 g/mol. The summed E-state index contributed by atoms with van der Waals surface area (Å²) in [5.41, 5.74) is 4.35. The molecule has 0 atom stereocenters. The van der Waals surface area contributed by atoms with Crippen LogP contribution in [0.15, 0.2) is 30.3 Å². The van der Waals surface area contributed by atoms with Gasteiger partial charge in [0.15, 0.2) is 0 Å². The number of methoxy groups -OCH3 is 2. The average molecular weight is 370 g/mol. The summed E-state index contributed by atoms with van der Waals surface area (Å²) in [6.45, 7) is 7.19. The Morgan fingerprint density at radius 1 is 1.00 bits per heavy atom. The maximum Gasteiger partial charge on any atom is 0.244 e. The Hall–Kier alpha value is -3.02. The molecule has 0 fully saturated rings. The summed E-state index contributed by atoms with van der Waals surface area (Å²) in [6, 6.07) is 9.14. The molecular weight excluding hydrogens is 344 g/mol. The standard InChI is InChI=1S/C21H26N2O4/c1-13-9-14(2)21(15(3)10-13)22-20(25)12-23(16(4)24)18-11-17(26-5)7-8-19(18)27-6/h7-11H,12H2,1-6H3,(H,22,25). The van der Waals surface area contributed by atoms with Gasteiger partial charge in [0.2, 0.25) is 11.8 Å². The highest BCUT2D eigenvalue weighted by molar-refractivity contribution is 6.03. The first-order valence-corrected chi connectivity index (χ1v) is 8.64. The number of ether oxygens (including phenoxy) is 2. The first kappa shape index (κ1) is 20.3. The molecule has 2 aromatic carbocycles. The van der Waals surface area contributed by atoms with Crippen molar-refractivity contribution in [3.8, 4) is 11.5 Å². The van der Waals surface area contributed by atoms with E-state index in [2.05, 4.69) is 5.32 Å². The molecule has 27 heavy (non-hydrogen) atoms. The predicted octanol–water partition coefficient (Wildman–Crippen LogP) is 3.62. The van der Waals surface area contributed by atoms with Crippen LogP contribution in [0.5, 0.6) is 11.5 Å². The Kier molecular flexibility index (Phi) is 6.45. The molecule has 0 saturated carbocycles. The number of anilines is 2. The zero-order chi connectivity index (χ0) is 20.1. The highest BCUT2D eigenvalue weighted by Gasteiger charge is 2.21. The van der Waals surface area contributed by atoms with Crippen molar-refractivity contribution in [3.05, 3.63) is 47.0 Å². The Morgan fingerprint density at radius 3 is 2.15 bits per heavy atom. The van der Waals surface area contributed by atoms with Crippen molar-refractivity contribution in [2.45, 2.75) is 27.7 Å². The van der Waals surface area contributed by atoms with Gasteiger partial charge in [0.25, 0.3) is 0 Å². The smallest absolute Gasteiger partial charge is 0.244 e. The van der Waals surface area contributed by atoms with Crippen LogP contribution in [0.1, 0.15) is 23.6 Å². The molecule has 0 unspecified atom stereocenters. The number of rotatable bonds is 6. The van der Waals surface area contributed by atoms with Crippen LogP contribution >= 0.6 is 0 Å². The fourth-order valence-electron chi connectivity index (χ4n) is 3.07. The fraction of sp³-hybridized carbons (Fsp3) is 0.333. The average Bonchev–Trinajstić information content (AvgIpc) is 2.61. The summed E-state index contributed by atoms with van der Waals surface area (Å²) in [5, 5.41) is 2.92. The number of aryl methyl sites for hydroxylation is 3. The van der Waals surface area contributed by atoms with Crippen molar-refractivity contribution in [1.82, 2.24) is 0 Å². The molecule has 0 saturated heterocycles. The Bertz CT molecular complexity index is 838. The minimum Gasteiger partial charge on any atom is -0.497 e. The second-order valence-electron chi connectivity index (χ2n) is 6.46. The van der Waals surface area contributed by atoms with Gasteiger partial charge >= 0.3 is 0 Å². The molecule has 0 aliphatic heterocycles. The summed E-state index contributed by atoms with van der Waals surface area (Å²) in [6.07, 6.45) is 0. The lowest BCUT2D eigenvalue weighted by molar-refractivity contribution is -0.120. The van der Waals surface area contributed by atoms with E-state index in [1.165, 1.54) is 18.9 Å². The van der Waals surface area contributed by atoms with Gasteiger partial charge in [-0.2, -0.15) is 0 Å². The third-order valence-electron chi connectivity index (χ3n) is 4.30. The first-order chi connectivity index (χ1) is 12.8. The SMILES string of the molecule is COc1ccc(OC)c(N(CC(=O)Nc2c(C)cc(C)cc2C)C(C)=O)c1. The predicted molar refractivity (Wildman–Crippen MR) is 107 cm³/mol. The Morgan fingerprint density at radius 2 is 1.63 bits per heavy atom. The van der Waals surface area contributed by atoms with E-state index in [0.717, 1.165) is 22.4 Å². The van der Waals surface area contributed by atoms with Crippen molar-refractivity contribution in [3.63, 3.8) is 0 Å². The van der Waals surface area contributed by atoms with Crippen LogP contribution in [0, 0.1) is 20.8 Å². The van der Waals surface area contributed by atoms with Gasteiger partial charge in [0, 0.05) is 18.7 Å². The molecule has 2 rings (SSSR count). The topological polar surface area (TPSA) is 67.9 Å². The van der Waals surface area contributed by atoms with E-state index in [1.54, 1.807) is 25.3 Å². The van der Waals surface area contributed by atoms with Gasteiger partial charge in [-0.3, -0.25) is 14.5 Å². The molecule has 0 radical (unpaired) electrons. The Balaban J connectivity index is 2.30. The minimum absolute atomic E-state index is 0.133. The molecule has 0 spiro atoms. The molecule has 6 nitrogen and oxygen atoms in total. The highest BCUT2D eigenvalue weighted by atomic mass is 16.5. The number of hydrogen-bond acceptors (Lipinski definition) is 4. The largest absolute Gasteiger partial charge is 0.497 e. The summed E-state index contributed by atoms with van der Waals surface area (Å²) in [7, 11) is 3.06. The number of carbonyl (C=O) groups excluding carboxylic acids is 2. The highest BCUT2D eigenvalue weighted by Crippen LogP contribution is 2.32. The number of amides is 2. The van der Waals surface area contributed by atoms with E-state index < -0.39 is 0 Å². The molecule has 2 amide bonds. The molecule has 0 aromatic heterocycles. The van der Waals surface area contributed by atoms with Crippen LogP contribution in [0.25, 0.3) is 0 Å². The fourth-order valence-corrected chi connectivity index (χ4v) is 3.07. The van der Waals surface area contributed by atoms with Gasteiger partial charge in [0.1, 0.15) is 18.0 Å². The lowest BCUT2D eigenvalue weighted by Crippen LogP contribution is -2.37. The van der Waals surface area contributed by atoms with Crippen molar-refractivity contribution >= 4 is 23.2 Å². The number of hydrogen-bond donors (Lipinski definition) is 1. The van der Waals surface area contributed by atoms with E-state index in [1.807, 2.05) is 32.9 Å². The molecular formula is C21H26N2O4. The van der Waals surface area contributed by atoms with Crippen LogP contribution in [0.4, 0.5) is 11.4 Å². The molecule has 0 bridgehead atoms. The van der Waals surface area contributed by atoms with Gasteiger partial charge in [-0.1, -0.05) is 17.7 Å². The zero-order valence-corrected chi connectivity index (χ0v) is 16.7. The molecule has 6 heteroatoms. The van der Waals surface area contributed by atoms with Gasteiger partial charge in [0.05, 0.1) is 19.9 Å². The third kappa shape index (κ3) is 4.78. The number of benzene rings is 2.